The minimum Gasteiger partial charge on any atom is -0.609 e. The minimum absolute atomic E-state index is 0. The molecule has 0 spiro atoms. The van der Waals surface area contributed by atoms with Gasteiger partial charge in [0.05, 0.1) is 0 Å². The van der Waals surface area contributed by atoms with E-state index in [1.54, 1.807) is 0 Å². The zero-order chi connectivity index (χ0) is 7.49. The molecule has 0 bridgehead atoms. The van der Waals surface area contributed by atoms with Gasteiger partial charge in [-0.15, -0.1) is 0 Å². The molecular weight excluding hydrogens is 175 g/mol. The summed E-state index contributed by atoms with van der Waals surface area (Å²) in [4.78, 5) is 9.90. The van der Waals surface area contributed by atoms with Crippen molar-refractivity contribution in [3.63, 3.8) is 0 Å². The quantitative estimate of drug-likeness (QED) is 0.473. The molecule has 10 heavy (non-hydrogen) atoms. The van der Waals surface area contributed by atoms with E-state index in [4.69, 9.17) is 0 Å². The maximum Gasteiger partial charge on any atom is 1.00 e. The van der Waals surface area contributed by atoms with Crippen LogP contribution in [-0.2, 0) is 9.45 Å². The molecule has 0 rings (SSSR count). The van der Waals surface area contributed by atoms with Crippen molar-refractivity contribution in [3.05, 3.63) is 0 Å². The van der Waals surface area contributed by atoms with Crippen molar-refractivity contribution in [1.82, 2.24) is 0 Å². The van der Waals surface area contributed by atoms with Gasteiger partial charge in [0, 0.05) is 6.42 Å². The summed E-state index contributed by atoms with van der Waals surface area (Å²) in [5.41, 5.74) is 0. The number of rotatable bonds is 2. The van der Waals surface area contributed by atoms with Gasteiger partial charge >= 0.3 is 58.6 Å². The largest absolute Gasteiger partial charge is 1.00 e. The molecule has 0 unspecified atom stereocenters. The smallest absolute Gasteiger partial charge is 0.609 e. The van der Waals surface area contributed by atoms with Crippen molar-refractivity contribution in [3.8, 4) is 0 Å². The summed E-state index contributed by atoms with van der Waals surface area (Å²) >= 11 is 0. The molecule has 0 N–H and O–H groups in total. The van der Waals surface area contributed by atoms with E-state index in [1.807, 2.05) is 0 Å². The third-order valence-electron chi connectivity index (χ3n) is 0.554. The first-order valence-electron chi connectivity index (χ1n) is 2.36. The van der Waals surface area contributed by atoms with E-state index in [0.717, 1.165) is 0 Å². The van der Waals surface area contributed by atoms with E-state index in [1.165, 1.54) is 6.92 Å². The predicted molar refractivity (Wildman–Crippen MR) is 25.5 cm³/mol. The van der Waals surface area contributed by atoms with E-state index >= 15 is 0 Å². The zero-order valence-electron chi connectivity index (χ0n) is 5.73. The van der Waals surface area contributed by atoms with Crippen molar-refractivity contribution in [2.45, 2.75) is 13.3 Å². The Labute approximate surface area is 99.0 Å². The maximum atomic E-state index is 11.1. The van der Waals surface area contributed by atoms with E-state index in [2.05, 4.69) is 4.65 Å². The molecule has 0 radical (unpaired) electrons. The van der Waals surface area contributed by atoms with E-state index in [0.29, 0.717) is 0 Å². The number of carbonyl (C=O) groups is 1. The summed E-state index contributed by atoms with van der Waals surface area (Å²) in [5, 5.41) is 0. The predicted octanol–water partition coefficient (Wildman–Crippen LogP) is -1.71. The van der Waals surface area contributed by atoms with Crippen LogP contribution < -0.4 is 51.4 Å². The van der Waals surface area contributed by atoms with Gasteiger partial charge < -0.3 is 17.6 Å². The Kier molecular flexibility index (Phi) is 7.57. The van der Waals surface area contributed by atoms with Crippen LogP contribution in [-0.4, -0.2) is 13.1 Å². The fourth-order valence-corrected chi connectivity index (χ4v) is 0.232. The number of hydrogen-bond acceptors (Lipinski definition) is 2. The Morgan fingerprint density at radius 3 is 2.00 bits per heavy atom. The molecular formula is C3H5BF3KO2. The Bertz CT molecular complexity index is 115. The van der Waals surface area contributed by atoms with Crippen LogP contribution >= 0.6 is 0 Å². The average Bonchev–Trinajstić information content (AvgIpc) is 1.62. The van der Waals surface area contributed by atoms with Gasteiger partial charge in [-0.05, 0) is 0 Å². The van der Waals surface area contributed by atoms with Crippen LogP contribution in [0.25, 0.3) is 0 Å². The molecule has 0 aliphatic rings. The van der Waals surface area contributed by atoms with Gasteiger partial charge in [0.1, 0.15) is 0 Å². The summed E-state index contributed by atoms with van der Waals surface area (Å²) in [6.45, 7) is 1.30. The van der Waals surface area contributed by atoms with Gasteiger partial charge in [0.15, 0.2) is 0 Å². The molecule has 0 aromatic carbocycles. The second-order valence-electron chi connectivity index (χ2n) is 1.36. The number of hydrogen-bond donors (Lipinski definition) is 0. The fourth-order valence-electron chi connectivity index (χ4n) is 0.232. The molecule has 7 heteroatoms. The Hall–Kier alpha value is 0.961. The SMILES string of the molecule is CCC(=O)O[B-](F)(F)F.[K+]. The third-order valence-corrected chi connectivity index (χ3v) is 0.554. The van der Waals surface area contributed by atoms with Crippen molar-refractivity contribution in [2.75, 3.05) is 0 Å². The van der Waals surface area contributed by atoms with Gasteiger partial charge in [-0.25, -0.2) is 0 Å². The van der Waals surface area contributed by atoms with Crippen LogP contribution in [0.3, 0.4) is 0 Å². The summed E-state index contributed by atoms with van der Waals surface area (Å²) in [6.07, 6.45) is -0.249. The fraction of sp³-hybridized carbons (Fsp3) is 0.667. The van der Waals surface area contributed by atoms with Crippen molar-refractivity contribution in [1.29, 1.82) is 0 Å². The van der Waals surface area contributed by atoms with Gasteiger partial charge in [0.2, 0.25) is 0 Å². The van der Waals surface area contributed by atoms with Crippen LogP contribution in [0.15, 0.2) is 0 Å². The number of halogens is 3. The van der Waals surface area contributed by atoms with Crippen molar-refractivity contribution >= 4 is 13.1 Å². The van der Waals surface area contributed by atoms with Crippen LogP contribution in [0, 0.1) is 0 Å². The van der Waals surface area contributed by atoms with E-state index < -0.39 is 13.1 Å². The standard InChI is InChI=1S/C3H5BF3O2.K/c1-2-3(8)9-4(5,6)7;/h2H2,1H3;/q-1;+1. The normalized spacial score (nSPS) is 10.0. The first-order chi connectivity index (χ1) is 3.95. The molecule has 0 saturated heterocycles. The molecule has 0 fully saturated rings. The van der Waals surface area contributed by atoms with Gasteiger partial charge in [-0.1, -0.05) is 6.92 Å². The van der Waals surface area contributed by atoms with Crippen LogP contribution in [0.2, 0.25) is 0 Å². The van der Waals surface area contributed by atoms with Crippen LogP contribution in [0.1, 0.15) is 13.3 Å². The Morgan fingerprint density at radius 2 is 1.90 bits per heavy atom. The average molecular weight is 180 g/mol. The summed E-state index contributed by atoms with van der Waals surface area (Å²) in [5.74, 6) is -1.23. The molecule has 0 saturated carbocycles. The first kappa shape index (κ1) is 13.5. The van der Waals surface area contributed by atoms with Gasteiger partial charge in [-0.2, -0.15) is 0 Å². The van der Waals surface area contributed by atoms with E-state index in [9.17, 15) is 17.7 Å². The van der Waals surface area contributed by atoms with Crippen molar-refractivity contribution in [2.24, 2.45) is 0 Å². The molecule has 0 aromatic rings. The zero-order valence-corrected chi connectivity index (χ0v) is 8.86. The number of carbonyl (C=O) groups excluding carboxylic acids is 1. The topological polar surface area (TPSA) is 26.3 Å². The van der Waals surface area contributed by atoms with Gasteiger partial charge in [-0.3, -0.25) is 4.79 Å². The molecule has 0 heterocycles. The molecule has 0 amide bonds. The second-order valence-corrected chi connectivity index (χ2v) is 1.36. The molecule has 2 nitrogen and oxygen atoms in total. The second kappa shape index (κ2) is 5.59. The summed E-state index contributed by atoms with van der Waals surface area (Å²) < 4.78 is 36.3. The monoisotopic (exact) mass is 180 g/mol. The molecule has 54 valence electrons. The Balaban J connectivity index is 0. The maximum absolute atomic E-state index is 11.1. The molecule has 0 aliphatic carbocycles. The van der Waals surface area contributed by atoms with Crippen molar-refractivity contribution < 1.29 is 73.8 Å². The molecule has 0 atom stereocenters. The van der Waals surface area contributed by atoms with Gasteiger partial charge in [0.25, 0.3) is 5.97 Å². The molecule has 0 aliphatic heterocycles. The van der Waals surface area contributed by atoms with Crippen LogP contribution in [0.5, 0.6) is 0 Å². The van der Waals surface area contributed by atoms with E-state index in [-0.39, 0.29) is 57.8 Å². The molecule has 0 aromatic heterocycles. The summed E-state index contributed by atoms with van der Waals surface area (Å²) in [6, 6.07) is 0. The third kappa shape index (κ3) is 8.96. The van der Waals surface area contributed by atoms with Crippen LogP contribution in [0.4, 0.5) is 12.9 Å². The Morgan fingerprint density at radius 1 is 1.50 bits per heavy atom. The first-order valence-corrected chi connectivity index (χ1v) is 2.36. The minimum atomic E-state index is -5.40. The summed E-state index contributed by atoms with van der Waals surface area (Å²) in [7, 11) is -5.40.